The lowest BCUT2D eigenvalue weighted by Crippen LogP contribution is -2.39. The Bertz CT molecular complexity index is 1090. The van der Waals surface area contributed by atoms with Gasteiger partial charge in [0.1, 0.15) is 23.5 Å². The van der Waals surface area contributed by atoms with E-state index in [4.69, 9.17) is 9.15 Å². The summed E-state index contributed by atoms with van der Waals surface area (Å²) in [5.74, 6) is 0.841. The fourth-order valence-electron chi connectivity index (χ4n) is 3.71. The highest BCUT2D eigenvalue weighted by Crippen LogP contribution is 2.34. The Morgan fingerprint density at radius 1 is 1.04 bits per heavy atom. The molecule has 1 unspecified atom stereocenters. The highest BCUT2D eigenvalue weighted by Gasteiger charge is 2.26. The summed E-state index contributed by atoms with van der Waals surface area (Å²) in [6.07, 6.45) is 1.65. The third-order valence-electron chi connectivity index (χ3n) is 5.04. The van der Waals surface area contributed by atoms with Crippen LogP contribution in [0.4, 0.5) is 5.82 Å². The van der Waals surface area contributed by atoms with Gasteiger partial charge in [-0.15, -0.1) is 0 Å². The highest BCUT2D eigenvalue weighted by atomic mass is 16.5. The molecule has 1 aliphatic rings. The van der Waals surface area contributed by atoms with E-state index in [9.17, 15) is 0 Å². The van der Waals surface area contributed by atoms with Crippen LogP contribution in [0.2, 0.25) is 0 Å². The number of morpholine rings is 1. The number of furan rings is 1. The van der Waals surface area contributed by atoms with Gasteiger partial charge >= 0.3 is 0 Å². The molecule has 1 atom stereocenters. The number of aromatic nitrogens is 2. The molecule has 2 aromatic carbocycles. The van der Waals surface area contributed by atoms with Gasteiger partial charge in [0.2, 0.25) is 0 Å². The van der Waals surface area contributed by atoms with Crippen molar-refractivity contribution in [3.63, 3.8) is 0 Å². The first kappa shape index (κ1) is 15.3. The highest BCUT2D eigenvalue weighted by molar-refractivity contribution is 6.05. The fraction of sp³-hybridized carbons (Fsp3) is 0.238. The van der Waals surface area contributed by atoms with Gasteiger partial charge in [0.15, 0.2) is 11.4 Å². The maximum absolute atomic E-state index is 6.09. The molecule has 1 aliphatic heterocycles. The predicted molar refractivity (Wildman–Crippen MR) is 101 cm³/mol. The molecule has 0 amide bonds. The maximum atomic E-state index is 6.09. The Kier molecular flexibility index (Phi) is 3.60. The molecule has 1 fully saturated rings. The lowest BCUT2D eigenvalue weighted by molar-refractivity contribution is 0.0392. The number of benzene rings is 2. The van der Waals surface area contributed by atoms with Gasteiger partial charge in [0.25, 0.3) is 0 Å². The van der Waals surface area contributed by atoms with E-state index in [0.717, 1.165) is 41.0 Å². The lowest BCUT2D eigenvalue weighted by atomic mass is 10.0. The molecule has 5 heteroatoms. The third kappa shape index (κ3) is 2.44. The molecular weight excluding hydrogens is 326 g/mol. The molecule has 0 aliphatic carbocycles. The SMILES string of the molecule is Cc1ccccc1C1CN(c2ncnc3c2oc2ccccc23)CCO1. The monoisotopic (exact) mass is 345 g/mol. The number of rotatable bonds is 2. The van der Waals surface area contributed by atoms with Gasteiger partial charge in [-0.3, -0.25) is 0 Å². The molecule has 1 saturated heterocycles. The van der Waals surface area contributed by atoms with E-state index in [1.54, 1.807) is 6.33 Å². The number of para-hydroxylation sites is 1. The van der Waals surface area contributed by atoms with Crippen molar-refractivity contribution >= 4 is 27.9 Å². The van der Waals surface area contributed by atoms with Crippen molar-refractivity contribution in [1.29, 1.82) is 0 Å². The average molecular weight is 345 g/mol. The number of anilines is 1. The quantitative estimate of drug-likeness (QED) is 0.543. The van der Waals surface area contributed by atoms with E-state index >= 15 is 0 Å². The van der Waals surface area contributed by atoms with E-state index in [-0.39, 0.29) is 6.10 Å². The van der Waals surface area contributed by atoms with Gasteiger partial charge in [0.05, 0.1) is 13.2 Å². The van der Waals surface area contributed by atoms with Crippen molar-refractivity contribution in [1.82, 2.24) is 9.97 Å². The van der Waals surface area contributed by atoms with E-state index < -0.39 is 0 Å². The summed E-state index contributed by atoms with van der Waals surface area (Å²) in [5, 5.41) is 1.02. The molecule has 0 bridgehead atoms. The van der Waals surface area contributed by atoms with Gasteiger partial charge in [0, 0.05) is 11.9 Å². The molecule has 0 radical (unpaired) electrons. The summed E-state index contributed by atoms with van der Waals surface area (Å²) in [5.41, 5.74) is 4.93. The van der Waals surface area contributed by atoms with Gasteiger partial charge in [-0.1, -0.05) is 36.4 Å². The molecule has 3 heterocycles. The normalized spacial score (nSPS) is 17.9. The number of nitrogens with zero attached hydrogens (tertiary/aromatic N) is 3. The Morgan fingerprint density at radius 2 is 1.88 bits per heavy atom. The summed E-state index contributed by atoms with van der Waals surface area (Å²) in [6.45, 7) is 4.31. The second-order valence-corrected chi connectivity index (χ2v) is 6.64. The van der Waals surface area contributed by atoms with Crippen LogP contribution >= 0.6 is 0 Å². The van der Waals surface area contributed by atoms with Gasteiger partial charge < -0.3 is 14.1 Å². The summed E-state index contributed by atoms with van der Waals surface area (Å²) in [6, 6.07) is 16.4. The van der Waals surface area contributed by atoms with Crippen LogP contribution in [0.15, 0.2) is 59.3 Å². The van der Waals surface area contributed by atoms with Crippen molar-refractivity contribution in [3.8, 4) is 0 Å². The number of fused-ring (bicyclic) bond motifs is 3. The first-order chi connectivity index (χ1) is 12.8. The Balaban J connectivity index is 1.56. The number of aryl methyl sites for hydroxylation is 1. The molecule has 2 aromatic heterocycles. The molecule has 130 valence electrons. The first-order valence-corrected chi connectivity index (χ1v) is 8.85. The minimum absolute atomic E-state index is 0.0272. The summed E-state index contributed by atoms with van der Waals surface area (Å²) < 4.78 is 12.1. The van der Waals surface area contributed by atoms with E-state index in [0.29, 0.717) is 6.61 Å². The van der Waals surface area contributed by atoms with Crippen molar-refractivity contribution in [2.45, 2.75) is 13.0 Å². The molecule has 0 spiro atoms. The minimum Gasteiger partial charge on any atom is -0.450 e. The zero-order chi connectivity index (χ0) is 17.5. The summed E-state index contributed by atoms with van der Waals surface area (Å²) >= 11 is 0. The number of ether oxygens (including phenoxy) is 1. The number of hydrogen-bond donors (Lipinski definition) is 0. The van der Waals surface area contributed by atoms with Crippen LogP contribution in [0.25, 0.3) is 22.1 Å². The van der Waals surface area contributed by atoms with Gasteiger partial charge in [-0.25, -0.2) is 9.97 Å². The molecule has 26 heavy (non-hydrogen) atoms. The largest absolute Gasteiger partial charge is 0.450 e. The average Bonchev–Trinajstić information content (AvgIpc) is 3.07. The Hall–Kier alpha value is -2.92. The lowest BCUT2D eigenvalue weighted by Gasteiger charge is -2.34. The van der Waals surface area contributed by atoms with Crippen LogP contribution in [0.1, 0.15) is 17.2 Å². The maximum Gasteiger partial charge on any atom is 0.196 e. The molecule has 0 N–H and O–H groups in total. The smallest absolute Gasteiger partial charge is 0.196 e. The van der Waals surface area contributed by atoms with Crippen molar-refractivity contribution < 1.29 is 9.15 Å². The van der Waals surface area contributed by atoms with Crippen molar-refractivity contribution in [2.24, 2.45) is 0 Å². The van der Waals surface area contributed by atoms with Crippen molar-refractivity contribution in [2.75, 3.05) is 24.6 Å². The van der Waals surface area contributed by atoms with Crippen LogP contribution in [-0.4, -0.2) is 29.7 Å². The molecule has 4 aromatic rings. The second-order valence-electron chi connectivity index (χ2n) is 6.64. The van der Waals surface area contributed by atoms with Crippen LogP contribution in [0.3, 0.4) is 0 Å². The Labute approximate surface area is 151 Å². The van der Waals surface area contributed by atoms with Crippen LogP contribution in [0, 0.1) is 6.92 Å². The molecular formula is C21H19N3O2. The van der Waals surface area contributed by atoms with E-state index in [1.165, 1.54) is 11.1 Å². The van der Waals surface area contributed by atoms with Gasteiger partial charge in [-0.2, -0.15) is 0 Å². The molecule has 5 nitrogen and oxygen atoms in total. The van der Waals surface area contributed by atoms with Gasteiger partial charge in [-0.05, 0) is 30.2 Å². The zero-order valence-corrected chi connectivity index (χ0v) is 14.6. The van der Waals surface area contributed by atoms with Crippen LogP contribution in [-0.2, 0) is 4.74 Å². The minimum atomic E-state index is 0.0272. The standard InChI is InChI=1S/C21H19N3O2/c1-14-6-2-3-7-15(14)18-12-24(10-11-25-18)21-20-19(22-13-23-21)16-8-4-5-9-17(16)26-20/h2-9,13,18H,10-12H2,1H3. The Morgan fingerprint density at radius 3 is 2.81 bits per heavy atom. The van der Waals surface area contributed by atoms with Crippen LogP contribution < -0.4 is 4.90 Å². The number of hydrogen-bond acceptors (Lipinski definition) is 5. The second kappa shape index (κ2) is 6.11. The zero-order valence-electron chi connectivity index (χ0n) is 14.6. The van der Waals surface area contributed by atoms with Crippen LogP contribution in [0.5, 0.6) is 0 Å². The van der Waals surface area contributed by atoms with E-state index in [1.807, 2.05) is 24.3 Å². The summed E-state index contributed by atoms with van der Waals surface area (Å²) in [4.78, 5) is 11.2. The first-order valence-electron chi connectivity index (χ1n) is 8.85. The molecule has 0 saturated carbocycles. The van der Waals surface area contributed by atoms with E-state index in [2.05, 4.69) is 46.1 Å². The predicted octanol–water partition coefficient (Wildman–Crippen LogP) is 4.26. The van der Waals surface area contributed by atoms with Crippen molar-refractivity contribution in [3.05, 3.63) is 66.0 Å². The molecule has 5 rings (SSSR count). The summed E-state index contributed by atoms with van der Waals surface area (Å²) in [7, 11) is 0. The topological polar surface area (TPSA) is 51.4 Å². The third-order valence-corrected chi connectivity index (χ3v) is 5.04. The fourth-order valence-corrected chi connectivity index (χ4v) is 3.71.